The summed E-state index contributed by atoms with van der Waals surface area (Å²) in [5.74, 6) is 1.09. The Morgan fingerprint density at radius 2 is 1.78 bits per heavy atom. The van der Waals surface area contributed by atoms with E-state index in [1.807, 2.05) is 0 Å². The number of benzene rings is 1. The highest BCUT2D eigenvalue weighted by atomic mass is 15.2. The maximum Gasteiger partial charge on any atom is 0.153 e. The molecule has 3 nitrogen and oxygen atoms in total. The van der Waals surface area contributed by atoms with Gasteiger partial charge in [-0.2, -0.15) is 5.10 Å². The van der Waals surface area contributed by atoms with E-state index in [4.69, 9.17) is 5.73 Å². The van der Waals surface area contributed by atoms with Crippen LogP contribution in [0.4, 0.5) is 5.82 Å². The molecule has 1 heterocycles. The molecule has 18 heavy (non-hydrogen) atoms. The number of nitrogen functional groups attached to an aromatic ring is 1. The average molecular weight is 243 g/mol. The first kappa shape index (κ1) is 12.7. The summed E-state index contributed by atoms with van der Waals surface area (Å²) in [5.41, 5.74) is 10.7. The van der Waals surface area contributed by atoms with Crippen molar-refractivity contribution in [3.8, 4) is 11.1 Å². The van der Waals surface area contributed by atoms with Gasteiger partial charge in [0.1, 0.15) is 0 Å². The molecule has 0 aliphatic rings. The van der Waals surface area contributed by atoms with Crippen molar-refractivity contribution in [2.24, 2.45) is 0 Å². The second-order valence-electron chi connectivity index (χ2n) is 4.78. The van der Waals surface area contributed by atoms with Gasteiger partial charge in [-0.25, -0.2) is 0 Å². The lowest BCUT2D eigenvalue weighted by Crippen LogP contribution is -1.99. The van der Waals surface area contributed by atoms with Crippen LogP contribution in [0.15, 0.2) is 24.3 Å². The smallest absolute Gasteiger partial charge is 0.153 e. The summed E-state index contributed by atoms with van der Waals surface area (Å²) in [6, 6.07) is 8.45. The van der Waals surface area contributed by atoms with Gasteiger partial charge < -0.3 is 5.73 Å². The monoisotopic (exact) mass is 243 g/mol. The lowest BCUT2D eigenvalue weighted by molar-refractivity contribution is 0.622. The molecule has 0 radical (unpaired) electrons. The molecule has 0 spiro atoms. The second-order valence-corrected chi connectivity index (χ2v) is 4.78. The molecular weight excluding hydrogens is 222 g/mol. The van der Waals surface area contributed by atoms with Crippen LogP contribution in [0, 0.1) is 6.92 Å². The number of hydrogen-bond donors (Lipinski definition) is 2. The van der Waals surface area contributed by atoms with Crippen LogP contribution in [-0.2, 0) is 0 Å². The molecule has 3 N–H and O–H groups in total. The molecule has 2 aromatic rings. The molecule has 0 aliphatic carbocycles. The van der Waals surface area contributed by atoms with Gasteiger partial charge in [0.25, 0.3) is 0 Å². The number of nitrogens with one attached hydrogen (secondary N) is 1. The number of hydrogen-bond acceptors (Lipinski definition) is 2. The Labute approximate surface area is 108 Å². The van der Waals surface area contributed by atoms with Crippen LogP contribution in [0.25, 0.3) is 11.1 Å². The van der Waals surface area contributed by atoms with Crippen molar-refractivity contribution >= 4 is 5.82 Å². The minimum atomic E-state index is 0.492. The van der Waals surface area contributed by atoms with Crippen molar-refractivity contribution in [3.05, 3.63) is 35.5 Å². The Kier molecular flexibility index (Phi) is 3.70. The zero-order valence-corrected chi connectivity index (χ0v) is 11.3. The van der Waals surface area contributed by atoms with E-state index in [1.54, 1.807) is 0 Å². The van der Waals surface area contributed by atoms with Crippen molar-refractivity contribution in [2.45, 2.75) is 39.5 Å². The number of aryl methyl sites for hydroxylation is 1. The fourth-order valence-corrected chi connectivity index (χ4v) is 2.39. The normalized spacial score (nSPS) is 11.1. The fraction of sp³-hybridized carbons (Fsp3) is 0.400. The molecule has 1 aromatic carbocycles. The zero-order valence-electron chi connectivity index (χ0n) is 11.3. The van der Waals surface area contributed by atoms with Crippen molar-refractivity contribution in [3.63, 3.8) is 0 Å². The number of H-pyrrole nitrogens is 1. The van der Waals surface area contributed by atoms with E-state index in [-0.39, 0.29) is 0 Å². The molecule has 0 unspecified atom stereocenters. The maximum absolute atomic E-state index is 6.02. The molecule has 96 valence electrons. The van der Waals surface area contributed by atoms with E-state index in [9.17, 15) is 0 Å². The molecule has 0 saturated heterocycles. The third-order valence-electron chi connectivity index (χ3n) is 3.56. The van der Waals surface area contributed by atoms with Crippen LogP contribution in [0.2, 0.25) is 0 Å². The number of nitrogens with zero attached hydrogens (tertiary/aromatic N) is 1. The van der Waals surface area contributed by atoms with Gasteiger partial charge in [0.2, 0.25) is 0 Å². The van der Waals surface area contributed by atoms with Gasteiger partial charge in [0.15, 0.2) is 5.82 Å². The summed E-state index contributed by atoms with van der Waals surface area (Å²) in [7, 11) is 0. The topological polar surface area (TPSA) is 54.7 Å². The average Bonchev–Trinajstić information content (AvgIpc) is 2.74. The molecule has 3 heteroatoms. The van der Waals surface area contributed by atoms with Gasteiger partial charge in [-0.3, -0.25) is 5.10 Å². The molecule has 0 bridgehead atoms. The molecule has 0 saturated carbocycles. The molecule has 1 aromatic heterocycles. The van der Waals surface area contributed by atoms with Crippen LogP contribution >= 0.6 is 0 Å². The molecule has 0 aliphatic heterocycles. The quantitative estimate of drug-likeness (QED) is 0.856. The lowest BCUT2D eigenvalue weighted by atomic mass is 9.93. The van der Waals surface area contributed by atoms with E-state index in [1.165, 1.54) is 11.3 Å². The number of aromatic nitrogens is 2. The van der Waals surface area contributed by atoms with Crippen LogP contribution in [-0.4, -0.2) is 10.2 Å². The number of anilines is 1. The molecule has 0 fully saturated rings. The van der Waals surface area contributed by atoms with E-state index >= 15 is 0 Å². The van der Waals surface area contributed by atoms with Crippen LogP contribution < -0.4 is 5.73 Å². The first-order valence-corrected chi connectivity index (χ1v) is 6.58. The van der Waals surface area contributed by atoms with E-state index in [0.717, 1.165) is 24.0 Å². The van der Waals surface area contributed by atoms with Gasteiger partial charge in [0, 0.05) is 17.2 Å². The Bertz CT molecular complexity index is 507. The molecule has 2 rings (SSSR count). The zero-order chi connectivity index (χ0) is 13.1. The van der Waals surface area contributed by atoms with Crippen molar-refractivity contribution < 1.29 is 0 Å². The number of aromatic amines is 1. The first-order chi connectivity index (χ1) is 8.67. The highest BCUT2D eigenvalue weighted by Gasteiger charge is 2.18. The van der Waals surface area contributed by atoms with Gasteiger partial charge in [-0.05, 0) is 25.3 Å². The van der Waals surface area contributed by atoms with E-state index in [0.29, 0.717) is 11.7 Å². The molecular formula is C15H21N3. The van der Waals surface area contributed by atoms with Crippen molar-refractivity contribution in [1.82, 2.24) is 10.2 Å². The highest BCUT2D eigenvalue weighted by molar-refractivity contribution is 5.76. The minimum absolute atomic E-state index is 0.492. The second kappa shape index (κ2) is 5.25. The summed E-state index contributed by atoms with van der Waals surface area (Å²) in [6.07, 6.45) is 2.19. The number of nitrogens with two attached hydrogens (primary N) is 1. The highest BCUT2D eigenvalue weighted by Crippen LogP contribution is 2.35. The van der Waals surface area contributed by atoms with Crippen LogP contribution in [0.3, 0.4) is 0 Å². The predicted molar refractivity (Wildman–Crippen MR) is 76.5 cm³/mol. The van der Waals surface area contributed by atoms with E-state index in [2.05, 4.69) is 55.2 Å². The minimum Gasteiger partial charge on any atom is -0.382 e. The van der Waals surface area contributed by atoms with Crippen molar-refractivity contribution in [1.29, 1.82) is 0 Å². The SMILES string of the molecule is CCC(CC)c1[nH]nc(N)c1-c1ccc(C)cc1. The van der Waals surface area contributed by atoms with Crippen LogP contribution in [0.5, 0.6) is 0 Å². The Balaban J connectivity index is 2.49. The van der Waals surface area contributed by atoms with Gasteiger partial charge in [0.05, 0.1) is 0 Å². The summed E-state index contributed by atoms with van der Waals surface area (Å²) >= 11 is 0. The van der Waals surface area contributed by atoms with Gasteiger partial charge in [-0.15, -0.1) is 0 Å². The summed E-state index contributed by atoms with van der Waals surface area (Å²) in [5, 5.41) is 7.30. The van der Waals surface area contributed by atoms with Gasteiger partial charge in [-0.1, -0.05) is 43.7 Å². The van der Waals surface area contributed by atoms with Gasteiger partial charge >= 0.3 is 0 Å². The third-order valence-corrected chi connectivity index (χ3v) is 3.56. The lowest BCUT2D eigenvalue weighted by Gasteiger charge is -2.13. The summed E-state index contributed by atoms with van der Waals surface area (Å²) in [4.78, 5) is 0. The Morgan fingerprint density at radius 1 is 1.17 bits per heavy atom. The third kappa shape index (κ3) is 2.26. The predicted octanol–water partition coefficient (Wildman–Crippen LogP) is 3.87. The number of rotatable bonds is 4. The van der Waals surface area contributed by atoms with E-state index < -0.39 is 0 Å². The maximum atomic E-state index is 6.02. The first-order valence-electron chi connectivity index (χ1n) is 6.58. The van der Waals surface area contributed by atoms with Crippen molar-refractivity contribution in [2.75, 3.05) is 5.73 Å². The van der Waals surface area contributed by atoms with Crippen LogP contribution in [0.1, 0.15) is 43.9 Å². The largest absolute Gasteiger partial charge is 0.382 e. The molecule has 0 atom stereocenters. The summed E-state index contributed by atoms with van der Waals surface area (Å²) in [6.45, 7) is 6.48. The summed E-state index contributed by atoms with van der Waals surface area (Å²) < 4.78 is 0. The molecule has 0 amide bonds. The Morgan fingerprint density at radius 3 is 2.33 bits per heavy atom. The Hall–Kier alpha value is -1.77. The standard InChI is InChI=1S/C15H21N3/c1-4-11(5-2)14-13(15(16)18-17-14)12-8-6-10(3)7-9-12/h6-9,11H,4-5H2,1-3H3,(H3,16,17,18). The fourth-order valence-electron chi connectivity index (χ4n) is 2.39.